The van der Waals surface area contributed by atoms with Crippen LogP contribution in [0.1, 0.15) is 6.92 Å². The average molecular weight is 223 g/mol. The largest absolute Gasteiger partial charge is 0.395 e. The van der Waals surface area contributed by atoms with Gasteiger partial charge in [-0.3, -0.25) is 0 Å². The van der Waals surface area contributed by atoms with E-state index in [0.717, 1.165) is 4.90 Å². The van der Waals surface area contributed by atoms with Gasteiger partial charge >= 0.3 is 0 Å². The first-order valence-corrected chi connectivity index (χ1v) is 4.70. The van der Waals surface area contributed by atoms with Crippen molar-refractivity contribution in [1.29, 1.82) is 0 Å². The Labute approximate surface area is 86.8 Å². The van der Waals surface area contributed by atoms with E-state index in [-0.39, 0.29) is 0 Å². The van der Waals surface area contributed by atoms with Gasteiger partial charge in [0, 0.05) is 0 Å². The molecule has 1 aliphatic heterocycles. The standard InChI is InChI=1S/C8H17NO6/c1-3(11)9-4(2-10)5(12)6(13)7(14)8(9)15/h3-8,10-15H,2H2,1H3/t3?,4-,5-,6+,7-,8?/m1/s1. The number of rotatable bonds is 2. The number of hydrogen-bond donors (Lipinski definition) is 6. The molecule has 0 bridgehead atoms. The van der Waals surface area contributed by atoms with Crippen LogP contribution in [0.5, 0.6) is 0 Å². The number of nitrogens with zero attached hydrogens (tertiary/aromatic N) is 1. The molecule has 1 aliphatic rings. The van der Waals surface area contributed by atoms with Crippen molar-refractivity contribution >= 4 is 0 Å². The van der Waals surface area contributed by atoms with Crippen molar-refractivity contribution in [2.45, 2.75) is 43.7 Å². The van der Waals surface area contributed by atoms with Gasteiger partial charge in [0.05, 0.1) is 12.6 Å². The molecule has 1 heterocycles. The number of piperidine rings is 1. The minimum absolute atomic E-state index is 0.549. The molecule has 0 amide bonds. The van der Waals surface area contributed by atoms with Gasteiger partial charge in [-0.2, -0.15) is 0 Å². The Morgan fingerprint density at radius 3 is 2.00 bits per heavy atom. The molecular weight excluding hydrogens is 206 g/mol. The van der Waals surface area contributed by atoms with Crippen molar-refractivity contribution in [3.8, 4) is 0 Å². The smallest absolute Gasteiger partial charge is 0.138 e. The maximum atomic E-state index is 9.53. The molecule has 0 aromatic rings. The molecule has 7 nitrogen and oxygen atoms in total. The Hall–Kier alpha value is -0.280. The predicted molar refractivity (Wildman–Crippen MR) is 48.4 cm³/mol. The molecule has 1 fully saturated rings. The molecule has 0 aromatic heterocycles. The van der Waals surface area contributed by atoms with Gasteiger partial charge in [-0.25, -0.2) is 4.90 Å². The van der Waals surface area contributed by atoms with Crippen LogP contribution in [0, 0.1) is 0 Å². The van der Waals surface area contributed by atoms with Crippen LogP contribution in [0.4, 0.5) is 0 Å². The van der Waals surface area contributed by atoms with Crippen LogP contribution in [-0.4, -0.2) is 79.0 Å². The summed E-state index contributed by atoms with van der Waals surface area (Å²) < 4.78 is 0. The van der Waals surface area contributed by atoms with Gasteiger partial charge in [0.2, 0.25) is 0 Å². The molecule has 0 aliphatic carbocycles. The molecule has 15 heavy (non-hydrogen) atoms. The van der Waals surface area contributed by atoms with E-state index in [1.807, 2.05) is 0 Å². The molecule has 1 rings (SSSR count). The first kappa shape index (κ1) is 12.8. The average Bonchev–Trinajstić information content (AvgIpc) is 2.19. The van der Waals surface area contributed by atoms with Crippen LogP contribution in [0.2, 0.25) is 0 Å². The van der Waals surface area contributed by atoms with Crippen LogP contribution in [0.3, 0.4) is 0 Å². The normalized spacial score (nSPS) is 45.4. The molecule has 1 saturated heterocycles. The van der Waals surface area contributed by atoms with Crippen molar-refractivity contribution in [1.82, 2.24) is 4.90 Å². The molecule has 6 N–H and O–H groups in total. The third-order valence-corrected chi connectivity index (χ3v) is 2.71. The first-order chi connectivity index (χ1) is 6.91. The van der Waals surface area contributed by atoms with Gasteiger partial charge in [0.1, 0.15) is 30.8 Å². The van der Waals surface area contributed by atoms with Crippen molar-refractivity contribution in [3.05, 3.63) is 0 Å². The third kappa shape index (κ3) is 2.13. The molecule has 0 spiro atoms. The van der Waals surface area contributed by atoms with Crippen molar-refractivity contribution in [2.75, 3.05) is 6.61 Å². The monoisotopic (exact) mass is 223 g/mol. The van der Waals surface area contributed by atoms with Crippen LogP contribution >= 0.6 is 0 Å². The molecule has 0 saturated carbocycles. The van der Waals surface area contributed by atoms with Gasteiger partial charge in [-0.15, -0.1) is 0 Å². The quantitative estimate of drug-likeness (QED) is 0.286. The SMILES string of the molecule is CC(O)N1C(O)[C@H](O)[C@@H](O)[C@H](O)[C@H]1CO. The summed E-state index contributed by atoms with van der Waals surface area (Å²) in [5, 5.41) is 56.0. The van der Waals surface area contributed by atoms with Crippen LogP contribution in [-0.2, 0) is 0 Å². The van der Waals surface area contributed by atoms with Gasteiger partial charge in [0.25, 0.3) is 0 Å². The number of aliphatic hydroxyl groups is 6. The minimum atomic E-state index is -1.59. The van der Waals surface area contributed by atoms with Crippen LogP contribution in [0.15, 0.2) is 0 Å². The summed E-state index contributed by atoms with van der Waals surface area (Å²) in [6, 6.07) is -1.02. The maximum absolute atomic E-state index is 9.53. The van der Waals surface area contributed by atoms with E-state index in [0.29, 0.717) is 0 Å². The fourth-order valence-electron chi connectivity index (χ4n) is 1.86. The van der Waals surface area contributed by atoms with Gasteiger partial charge in [0.15, 0.2) is 0 Å². The van der Waals surface area contributed by atoms with Crippen LogP contribution < -0.4 is 0 Å². The predicted octanol–water partition coefficient (Wildman–Crippen LogP) is -3.60. The van der Waals surface area contributed by atoms with E-state index < -0.39 is 43.4 Å². The lowest BCUT2D eigenvalue weighted by Gasteiger charge is -2.47. The second kappa shape index (κ2) is 4.71. The Morgan fingerprint density at radius 2 is 1.60 bits per heavy atom. The lowest BCUT2D eigenvalue weighted by molar-refractivity contribution is -0.253. The first-order valence-electron chi connectivity index (χ1n) is 4.70. The number of likely N-dealkylation sites (tertiary alicyclic amines) is 1. The fourth-order valence-corrected chi connectivity index (χ4v) is 1.86. The Bertz CT molecular complexity index is 213. The minimum Gasteiger partial charge on any atom is -0.395 e. The summed E-state index contributed by atoms with van der Waals surface area (Å²) in [6.07, 6.45) is -7.25. The molecule has 0 aromatic carbocycles. The second-order valence-electron chi connectivity index (χ2n) is 3.71. The Balaban J connectivity index is 2.92. The summed E-state index contributed by atoms with van der Waals surface area (Å²) in [4.78, 5) is 0.946. The molecule has 2 unspecified atom stereocenters. The van der Waals surface area contributed by atoms with E-state index in [4.69, 9.17) is 5.11 Å². The molecule has 6 atom stereocenters. The van der Waals surface area contributed by atoms with E-state index in [1.54, 1.807) is 0 Å². The van der Waals surface area contributed by atoms with Crippen molar-refractivity contribution in [3.63, 3.8) is 0 Å². The van der Waals surface area contributed by atoms with Gasteiger partial charge in [-0.05, 0) is 6.92 Å². The van der Waals surface area contributed by atoms with Crippen molar-refractivity contribution in [2.24, 2.45) is 0 Å². The highest BCUT2D eigenvalue weighted by atomic mass is 16.4. The van der Waals surface area contributed by atoms with Crippen LogP contribution in [0.25, 0.3) is 0 Å². The van der Waals surface area contributed by atoms with Crippen molar-refractivity contribution < 1.29 is 30.6 Å². The zero-order valence-electron chi connectivity index (χ0n) is 8.30. The second-order valence-corrected chi connectivity index (χ2v) is 3.71. The summed E-state index contributed by atoms with van der Waals surface area (Å²) in [7, 11) is 0. The summed E-state index contributed by atoms with van der Waals surface area (Å²) >= 11 is 0. The molecule has 90 valence electrons. The highest BCUT2D eigenvalue weighted by Crippen LogP contribution is 2.24. The Morgan fingerprint density at radius 1 is 1.07 bits per heavy atom. The van der Waals surface area contributed by atoms with E-state index in [2.05, 4.69) is 0 Å². The van der Waals surface area contributed by atoms with E-state index >= 15 is 0 Å². The zero-order valence-corrected chi connectivity index (χ0v) is 8.30. The molecule has 0 radical (unpaired) electrons. The zero-order chi connectivity index (χ0) is 11.7. The van der Waals surface area contributed by atoms with Gasteiger partial charge < -0.3 is 30.6 Å². The third-order valence-electron chi connectivity index (χ3n) is 2.71. The highest BCUT2D eigenvalue weighted by Gasteiger charge is 2.48. The summed E-state index contributed by atoms with van der Waals surface area (Å²) in [5.41, 5.74) is 0. The highest BCUT2D eigenvalue weighted by molar-refractivity contribution is 4.96. The molecule has 7 heteroatoms. The molecular formula is C8H17NO6. The topological polar surface area (TPSA) is 125 Å². The van der Waals surface area contributed by atoms with E-state index in [1.165, 1.54) is 6.92 Å². The summed E-state index contributed by atoms with van der Waals surface area (Å²) in [5.74, 6) is 0. The van der Waals surface area contributed by atoms with E-state index in [9.17, 15) is 25.5 Å². The maximum Gasteiger partial charge on any atom is 0.138 e. The van der Waals surface area contributed by atoms with Gasteiger partial charge in [-0.1, -0.05) is 0 Å². The fraction of sp³-hybridized carbons (Fsp3) is 1.00. The number of hydrogen-bond acceptors (Lipinski definition) is 7. The summed E-state index contributed by atoms with van der Waals surface area (Å²) in [6.45, 7) is 0.774. The lowest BCUT2D eigenvalue weighted by atomic mass is 9.92. The number of aliphatic hydroxyl groups excluding tert-OH is 6. The Kier molecular flexibility index (Phi) is 4.01. The lowest BCUT2D eigenvalue weighted by Crippen LogP contribution is -2.69.